The molecule has 6 nitrogen and oxygen atoms in total. The Morgan fingerprint density at radius 2 is 2.00 bits per heavy atom. The van der Waals surface area contributed by atoms with E-state index in [1.54, 1.807) is 6.20 Å². The first-order valence-corrected chi connectivity index (χ1v) is 10.0. The summed E-state index contributed by atoms with van der Waals surface area (Å²) in [6, 6.07) is 4.41. The first-order valence-electron chi connectivity index (χ1n) is 9.25. The summed E-state index contributed by atoms with van der Waals surface area (Å²) in [5.74, 6) is 0.860. The zero-order chi connectivity index (χ0) is 18.8. The van der Waals surface area contributed by atoms with Gasteiger partial charge in [-0.2, -0.15) is 0 Å². The van der Waals surface area contributed by atoms with E-state index in [4.69, 9.17) is 28.6 Å². The van der Waals surface area contributed by atoms with Crippen LogP contribution in [0.4, 0.5) is 5.95 Å². The van der Waals surface area contributed by atoms with Gasteiger partial charge in [-0.3, -0.25) is 0 Å². The smallest absolute Gasteiger partial charge is 0.227 e. The standard InChI is InChI=1S/C19H22Cl2N6/c20-15-7-12-10-24-19(27-17(9-22)18(21)25-13-1-2-13)26-16(12)8-14(15)11-3-5-23-6-4-11/h7-11,13,22-23,25H,1-6H2,(H,24,26,27)/b18-17+,22-9?. The van der Waals surface area contributed by atoms with Gasteiger partial charge in [-0.05, 0) is 62.4 Å². The predicted molar refractivity (Wildman–Crippen MR) is 111 cm³/mol. The second-order valence-electron chi connectivity index (χ2n) is 7.07. The van der Waals surface area contributed by atoms with Crippen molar-refractivity contribution >= 4 is 46.3 Å². The number of piperidine rings is 1. The number of fused-ring (bicyclic) bond motifs is 1. The lowest BCUT2D eigenvalue weighted by Gasteiger charge is -2.24. The fourth-order valence-corrected chi connectivity index (χ4v) is 3.92. The van der Waals surface area contributed by atoms with E-state index >= 15 is 0 Å². The zero-order valence-corrected chi connectivity index (χ0v) is 16.4. The first-order chi connectivity index (χ1) is 13.1. The molecule has 4 rings (SSSR count). The number of nitrogens with zero attached hydrogens (tertiary/aromatic N) is 2. The average Bonchev–Trinajstić information content (AvgIpc) is 3.50. The topological polar surface area (TPSA) is 85.7 Å². The number of anilines is 1. The van der Waals surface area contributed by atoms with Crippen LogP contribution < -0.4 is 16.0 Å². The van der Waals surface area contributed by atoms with E-state index in [-0.39, 0.29) is 0 Å². The highest BCUT2D eigenvalue weighted by atomic mass is 35.5. The number of halogens is 2. The average molecular weight is 405 g/mol. The van der Waals surface area contributed by atoms with E-state index in [1.165, 1.54) is 6.21 Å². The predicted octanol–water partition coefficient (Wildman–Crippen LogP) is 3.97. The minimum absolute atomic E-state index is 0.404. The van der Waals surface area contributed by atoms with Gasteiger partial charge in [0.05, 0.1) is 11.2 Å². The molecule has 142 valence electrons. The van der Waals surface area contributed by atoms with E-state index < -0.39 is 0 Å². The van der Waals surface area contributed by atoms with Gasteiger partial charge in [0, 0.05) is 28.9 Å². The molecule has 0 bridgehead atoms. The van der Waals surface area contributed by atoms with Crippen LogP contribution in [0.25, 0.3) is 10.9 Å². The van der Waals surface area contributed by atoms with Gasteiger partial charge in [-0.25, -0.2) is 9.97 Å². The van der Waals surface area contributed by atoms with Crippen molar-refractivity contribution in [1.82, 2.24) is 20.6 Å². The maximum Gasteiger partial charge on any atom is 0.227 e. The number of rotatable bonds is 6. The van der Waals surface area contributed by atoms with Crippen LogP contribution >= 0.6 is 23.2 Å². The number of benzene rings is 1. The van der Waals surface area contributed by atoms with Gasteiger partial charge in [0.15, 0.2) is 0 Å². The fourth-order valence-electron chi connectivity index (χ4n) is 3.33. The van der Waals surface area contributed by atoms with Crippen molar-refractivity contribution in [1.29, 1.82) is 5.41 Å². The summed E-state index contributed by atoms with van der Waals surface area (Å²) in [5, 5.41) is 19.3. The second kappa shape index (κ2) is 8.00. The third-order valence-corrected chi connectivity index (χ3v) is 5.65. The van der Waals surface area contributed by atoms with E-state index in [0.717, 1.165) is 60.3 Å². The molecule has 1 aromatic carbocycles. The van der Waals surface area contributed by atoms with Gasteiger partial charge in [0.25, 0.3) is 0 Å². The molecule has 2 aromatic rings. The lowest BCUT2D eigenvalue weighted by molar-refractivity contribution is 0.461. The summed E-state index contributed by atoms with van der Waals surface area (Å²) in [6.45, 7) is 2.02. The summed E-state index contributed by atoms with van der Waals surface area (Å²) in [5.41, 5.74) is 2.43. The molecule has 1 saturated heterocycles. The number of hydrogen-bond donors (Lipinski definition) is 4. The number of aromatic nitrogens is 2. The van der Waals surface area contributed by atoms with E-state index in [2.05, 4.69) is 32.0 Å². The summed E-state index contributed by atoms with van der Waals surface area (Å²) < 4.78 is 0. The van der Waals surface area contributed by atoms with Crippen LogP contribution in [0.2, 0.25) is 5.02 Å². The molecule has 0 spiro atoms. The van der Waals surface area contributed by atoms with E-state index in [9.17, 15) is 0 Å². The van der Waals surface area contributed by atoms with Crippen LogP contribution in [0.1, 0.15) is 37.2 Å². The van der Waals surface area contributed by atoms with Crippen LogP contribution in [0.15, 0.2) is 29.2 Å². The number of hydrogen-bond acceptors (Lipinski definition) is 6. The fraction of sp³-hybridized carbons (Fsp3) is 0.421. The molecule has 1 aromatic heterocycles. The van der Waals surface area contributed by atoms with Gasteiger partial charge in [-0.15, -0.1) is 0 Å². The molecular weight excluding hydrogens is 383 g/mol. The lowest BCUT2D eigenvalue weighted by atomic mass is 9.89. The van der Waals surface area contributed by atoms with Crippen molar-refractivity contribution in [3.05, 3.63) is 39.8 Å². The third-order valence-electron chi connectivity index (χ3n) is 5.01. The minimum atomic E-state index is 0.404. The van der Waals surface area contributed by atoms with Crippen molar-refractivity contribution in [2.75, 3.05) is 18.4 Å². The van der Waals surface area contributed by atoms with Crippen molar-refractivity contribution in [2.45, 2.75) is 37.6 Å². The second-order valence-corrected chi connectivity index (χ2v) is 7.85. The maximum atomic E-state index is 7.61. The normalized spacial score (nSPS) is 18.9. The summed E-state index contributed by atoms with van der Waals surface area (Å²) in [4.78, 5) is 8.96. The van der Waals surface area contributed by atoms with Crippen molar-refractivity contribution in [2.24, 2.45) is 0 Å². The molecule has 0 atom stereocenters. The Balaban J connectivity index is 1.62. The Hall–Kier alpha value is -1.89. The Bertz CT molecular complexity index is 887. The molecular formula is C19H22Cl2N6. The summed E-state index contributed by atoms with van der Waals surface area (Å²) in [6.07, 6.45) is 7.28. The monoisotopic (exact) mass is 404 g/mol. The van der Waals surface area contributed by atoms with Gasteiger partial charge in [0.2, 0.25) is 5.95 Å². The molecule has 0 radical (unpaired) electrons. The van der Waals surface area contributed by atoms with E-state index in [1.807, 2.05) is 6.07 Å². The minimum Gasteiger partial charge on any atom is -0.371 e. The largest absolute Gasteiger partial charge is 0.371 e. The molecule has 1 saturated carbocycles. The van der Waals surface area contributed by atoms with Crippen molar-refractivity contribution in [3.63, 3.8) is 0 Å². The van der Waals surface area contributed by atoms with Crippen LogP contribution in [-0.2, 0) is 0 Å². The van der Waals surface area contributed by atoms with E-state index in [0.29, 0.717) is 28.8 Å². The Morgan fingerprint density at radius 1 is 1.22 bits per heavy atom. The quantitative estimate of drug-likeness (QED) is 0.432. The Labute approximate surface area is 168 Å². The van der Waals surface area contributed by atoms with Gasteiger partial charge in [-0.1, -0.05) is 23.2 Å². The molecule has 1 aliphatic heterocycles. The molecule has 0 unspecified atom stereocenters. The molecule has 2 heterocycles. The molecule has 2 fully saturated rings. The van der Waals surface area contributed by atoms with Gasteiger partial charge < -0.3 is 21.4 Å². The molecule has 4 N–H and O–H groups in total. The highest BCUT2D eigenvalue weighted by molar-refractivity contribution is 6.32. The van der Waals surface area contributed by atoms with Crippen molar-refractivity contribution < 1.29 is 0 Å². The molecule has 8 heteroatoms. The third kappa shape index (κ3) is 4.34. The summed E-state index contributed by atoms with van der Waals surface area (Å²) in [7, 11) is 0. The van der Waals surface area contributed by atoms with Crippen LogP contribution in [-0.4, -0.2) is 35.3 Å². The highest BCUT2D eigenvalue weighted by Gasteiger charge is 2.22. The lowest BCUT2D eigenvalue weighted by Crippen LogP contribution is -2.26. The molecule has 1 aliphatic carbocycles. The summed E-state index contributed by atoms with van der Waals surface area (Å²) >= 11 is 12.8. The number of allylic oxidation sites excluding steroid dienone is 1. The van der Waals surface area contributed by atoms with Crippen LogP contribution in [0.5, 0.6) is 0 Å². The SMILES string of the molecule is N=C/C(Nc1ncc2cc(Cl)c(C3CCNCC3)cc2n1)=C(/Cl)NC1CC1. The molecule has 2 aliphatic rings. The number of nitrogens with one attached hydrogen (secondary N) is 4. The van der Waals surface area contributed by atoms with Crippen molar-refractivity contribution in [3.8, 4) is 0 Å². The highest BCUT2D eigenvalue weighted by Crippen LogP contribution is 2.33. The zero-order valence-electron chi connectivity index (χ0n) is 14.9. The van der Waals surface area contributed by atoms with Gasteiger partial charge in [0.1, 0.15) is 5.16 Å². The first kappa shape index (κ1) is 18.5. The van der Waals surface area contributed by atoms with Gasteiger partial charge >= 0.3 is 0 Å². The molecule has 0 amide bonds. The maximum absolute atomic E-state index is 7.61. The van der Waals surface area contributed by atoms with Crippen LogP contribution in [0.3, 0.4) is 0 Å². The molecule has 27 heavy (non-hydrogen) atoms. The Kier molecular flexibility index (Phi) is 5.48. The van der Waals surface area contributed by atoms with Crippen LogP contribution in [0, 0.1) is 5.41 Å². The Morgan fingerprint density at radius 3 is 2.70 bits per heavy atom.